The van der Waals surface area contributed by atoms with E-state index in [4.69, 9.17) is 20.1 Å². The maximum Gasteiger partial charge on any atom is 0.312 e. The summed E-state index contributed by atoms with van der Waals surface area (Å²) in [7, 11) is 3.27. The predicted molar refractivity (Wildman–Crippen MR) is 222 cm³/mol. The monoisotopic (exact) mass is 820 g/mol. The number of fused-ring (bicyclic) bond motifs is 1. The highest BCUT2D eigenvalue weighted by molar-refractivity contribution is 9.10. The number of hydrogen-bond acceptors (Lipinski definition) is 11. The zero-order valence-corrected chi connectivity index (χ0v) is 33.7. The minimum absolute atomic E-state index is 0.310. The van der Waals surface area contributed by atoms with Crippen LogP contribution in [0, 0.1) is 5.41 Å². The largest absolute Gasteiger partial charge is 0.494 e. The molecule has 2 aromatic heterocycles. The van der Waals surface area contributed by atoms with Gasteiger partial charge in [-0.25, -0.2) is 4.98 Å². The second-order valence-electron chi connectivity index (χ2n) is 14.4. The second kappa shape index (κ2) is 16.8. The number of allylic oxidation sites excluding steroid dienone is 1. The molecule has 1 saturated carbocycles. The fourth-order valence-electron chi connectivity index (χ4n) is 7.49. The molecule has 2 aliphatic heterocycles. The Morgan fingerprint density at radius 1 is 0.981 bits per heavy atom. The van der Waals surface area contributed by atoms with E-state index < -0.39 is 14.5 Å². The van der Waals surface area contributed by atoms with E-state index in [9.17, 15) is 8.78 Å². The lowest BCUT2D eigenvalue weighted by molar-refractivity contribution is 0.0982. The molecular weight excluding hydrogens is 773 g/mol. The molecule has 0 amide bonds. The summed E-state index contributed by atoms with van der Waals surface area (Å²) in [5, 5.41) is 19.5. The van der Waals surface area contributed by atoms with Crippen LogP contribution in [0.15, 0.2) is 53.3 Å². The average molecular weight is 822 g/mol. The van der Waals surface area contributed by atoms with Crippen LogP contribution in [-0.4, -0.2) is 110 Å². The van der Waals surface area contributed by atoms with Crippen molar-refractivity contribution in [3.63, 3.8) is 0 Å². The first-order valence-corrected chi connectivity index (χ1v) is 21.5. The molecule has 0 atom stereocenters. The van der Waals surface area contributed by atoms with Crippen LogP contribution in [0.5, 0.6) is 5.75 Å². The van der Waals surface area contributed by atoms with Gasteiger partial charge in [0.2, 0.25) is 5.95 Å². The fraction of sp³-hybridized carbons (Fsp3) is 0.436. The van der Waals surface area contributed by atoms with Gasteiger partial charge in [0.1, 0.15) is 11.6 Å². The summed E-state index contributed by atoms with van der Waals surface area (Å²) in [6.07, 6.45) is 8.37. The number of alkyl halides is 2. The van der Waals surface area contributed by atoms with Crippen LogP contribution in [0.1, 0.15) is 42.9 Å². The number of nitrogens with one attached hydrogen (secondary N) is 4. The molecule has 1 aliphatic carbocycles. The maximum absolute atomic E-state index is 13.3. The van der Waals surface area contributed by atoms with Crippen LogP contribution in [0.3, 0.4) is 0 Å². The number of rotatable bonds is 13. The van der Waals surface area contributed by atoms with E-state index in [-0.39, 0.29) is 0 Å². The van der Waals surface area contributed by atoms with Gasteiger partial charge in [-0.2, -0.15) is 13.8 Å². The Bertz CT molecular complexity index is 2010. The van der Waals surface area contributed by atoms with Gasteiger partial charge in [-0.1, -0.05) is 14.0 Å². The molecule has 4 N–H and O–H groups in total. The molecule has 0 unspecified atom stereocenters. The summed E-state index contributed by atoms with van der Waals surface area (Å²) in [4.78, 5) is 21.6. The van der Waals surface area contributed by atoms with Gasteiger partial charge in [-0.15, -0.1) is 0 Å². The van der Waals surface area contributed by atoms with E-state index in [0.29, 0.717) is 50.8 Å². The molecular formula is C39H48BrF2N10OP. The highest BCUT2D eigenvalue weighted by atomic mass is 79.9. The molecule has 2 aromatic carbocycles. The van der Waals surface area contributed by atoms with Crippen LogP contribution >= 0.6 is 23.9 Å². The summed E-state index contributed by atoms with van der Waals surface area (Å²) in [6.45, 7) is 7.58. The summed E-state index contributed by atoms with van der Waals surface area (Å²) < 4.78 is 33.3. The number of benzene rings is 2. The smallest absolute Gasteiger partial charge is 0.312 e. The van der Waals surface area contributed by atoms with Crippen LogP contribution in [0.2, 0.25) is 0 Å². The third-order valence-electron chi connectivity index (χ3n) is 10.6. The van der Waals surface area contributed by atoms with Crippen LogP contribution < -0.4 is 30.9 Å². The minimum atomic E-state index is -2.77. The van der Waals surface area contributed by atoms with Crippen molar-refractivity contribution in [2.24, 2.45) is 0 Å². The summed E-state index contributed by atoms with van der Waals surface area (Å²) in [6, 6.07) is 12.8. The van der Waals surface area contributed by atoms with Gasteiger partial charge in [0.05, 0.1) is 22.8 Å². The lowest BCUT2D eigenvalue weighted by atomic mass is 9.98. The molecule has 286 valence electrons. The first kappa shape index (κ1) is 38.3. The number of halogens is 3. The summed E-state index contributed by atoms with van der Waals surface area (Å²) in [5.41, 5.74) is 5.42. The Labute approximate surface area is 325 Å². The molecule has 0 bridgehead atoms. The normalized spacial score (nSPS) is 17.7. The molecule has 3 aliphatic rings. The van der Waals surface area contributed by atoms with E-state index >= 15 is 0 Å². The second-order valence-corrected chi connectivity index (χ2v) is 17.5. The molecule has 0 spiro atoms. The Hall–Kier alpha value is -3.97. The van der Waals surface area contributed by atoms with Crippen molar-refractivity contribution in [3.8, 4) is 5.75 Å². The molecule has 3 fully saturated rings. The Balaban J connectivity index is 1.18. The predicted octanol–water partition coefficient (Wildman–Crippen LogP) is 7.55. The molecule has 2 saturated heterocycles. The van der Waals surface area contributed by atoms with E-state index in [2.05, 4.69) is 96.2 Å². The number of ether oxygens (including phenoxy) is 1. The zero-order chi connectivity index (χ0) is 37.9. The quantitative estimate of drug-likeness (QED) is 0.0613. The Morgan fingerprint density at radius 2 is 1.74 bits per heavy atom. The van der Waals surface area contributed by atoms with Crippen LogP contribution in [0.25, 0.3) is 16.5 Å². The number of pyridine rings is 1. The van der Waals surface area contributed by atoms with Gasteiger partial charge in [-0.3, -0.25) is 9.88 Å². The Kier molecular flexibility index (Phi) is 11.9. The number of aromatic nitrogens is 3. The molecule has 11 nitrogen and oxygen atoms in total. The number of hydrogen-bond donors (Lipinski definition) is 4. The summed E-state index contributed by atoms with van der Waals surface area (Å²) >= 11 is 3.64. The van der Waals surface area contributed by atoms with Gasteiger partial charge in [-0.05, 0) is 86.3 Å². The van der Waals surface area contributed by atoms with Crippen molar-refractivity contribution in [1.82, 2.24) is 30.1 Å². The van der Waals surface area contributed by atoms with Crippen LogP contribution in [-0.2, 0) is 0 Å². The van der Waals surface area contributed by atoms with Gasteiger partial charge in [0.25, 0.3) is 0 Å². The fourth-order valence-corrected chi connectivity index (χ4v) is 9.07. The molecule has 4 heterocycles. The van der Waals surface area contributed by atoms with Crippen molar-refractivity contribution >= 4 is 80.7 Å². The number of piperazine rings is 1. The SMILES string of the molecule is COc1cc(N2CCC(N3CCN(C)CC3)CC2)c(/C(C=N)=C/NC(F)F)cc1Nc1ncc(Br)c(Nc2ccc3nc(C4CC4)ccc3c2P(C)C)n1. The van der Waals surface area contributed by atoms with Crippen LogP contribution in [0.4, 0.5) is 37.6 Å². The van der Waals surface area contributed by atoms with Gasteiger partial charge >= 0.3 is 6.55 Å². The zero-order valence-electron chi connectivity index (χ0n) is 31.2. The van der Waals surface area contributed by atoms with Crippen molar-refractivity contribution < 1.29 is 13.5 Å². The summed E-state index contributed by atoms with van der Waals surface area (Å²) in [5.74, 6) is 2.01. The van der Waals surface area contributed by atoms with Crippen molar-refractivity contribution in [2.45, 2.75) is 44.2 Å². The first-order valence-electron chi connectivity index (χ1n) is 18.4. The standard InChI is InChI=1S/C39H48BrF2N10OP/c1-50-15-17-51(18-16-50)26-11-13-52(14-12-26)34-20-35(53-2)33(19-28(34)25(21-43)22-44-38(41)42)48-39-45-23-29(40)37(49-39)47-32-10-9-31-27(36(32)54(3)4)7-8-30(46-31)24-5-6-24/h7-10,19-24,26,38,43-44H,5-6,11-18H2,1-4H3,(H2,45,47,48,49)/b25-22+,43-21?. The van der Waals surface area contributed by atoms with Crippen molar-refractivity contribution in [2.75, 3.05) is 82.3 Å². The average Bonchev–Trinajstić information content (AvgIpc) is 4.02. The minimum Gasteiger partial charge on any atom is -0.494 e. The number of anilines is 5. The van der Waals surface area contributed by atoms with Gasteiger partial charge in [0, 0.05) is 115 Å². The van der Waals surface area contributed by atoms with E-state index in [0.717, 1.165) is 80.6 Å². The first-order chi connectivity index (χ1) is 26.1. The molecule has 7 rings (SSSR count). The molecule has 15 heteroatoms. The lowest BCUT2D eigenvalue weighted by Gasteiger charge is -2.43. The number of methoxy groups -OCH3 is 1. The number of piperidine rings is 1. The van der Waals surface area contributed by atoms with Gasteiger partial charge < -0.3 is 35.9 Å². The molecule has 4 aromatic rings. The Morgan fingerprint density at radius 3 is 2.41 bits per heavy atom. The third-order valence-corrected chi connectivity index (χ3v) is 12.5. The topological polar surface area (TPSA) is 118 Å². The van der Waals surface area contributed by atoms with Gasteiger partial charge in [0.15, 0.2) is 0 Å². The molecule has 0 radical (unpaired) electrons. The van der Waals surface area contributed by atoms with E-state index in [1.54, 1.807) is 13.3 Å². The lowest BCUT2D eigenvalue weighted by Crippen LogP contribution is -2.52. The van der Waals surface area contributed by atoms with Crippen molar-refractivity contribution in [3.05, 3.63) is 64.5 Å². The number of likely N-dealkylation sites (N-methyl/N-ethyl adjacent to an activating group) is 1. The number of nitrogens with zero attached hydrogens (tertiary/aromatic N) is 6. The molecule has 54 heavy (non-hydrogen) atoms. The maximum atomic E-state index is 13.3. The van der Waals surface area contributed by atoms with E-state index in [1.807, 2.05) is 12.1 Å². The third kappa shape index (κ3) is 8.62. The highest BCUT2D eigenvalue weighted by Crippen LogP contribution is 2.42. The van der Waals surface area contributed by atoms with E-state index in [1.165, 1.54) is 30.0 Å². The highest BCUT2D eigenvalue weighted by Gasteiger charge is 2.29. The van der Waals surface area contributed by atoms with Crippen molar-refractivity contribution in [1.29, 1.82) is 5.41 Å².